The van der Waals surface area contributed by atoms with Crippen molar-refractivity contribution in [2.45, 2.75) is 18.9 Å². The molecule has 0 bridgehead atoms. The molecule has 0 aliphatic carbocycles. The average Bonchev–Trinajstić information content (AvgIpc) is 2.76. The van der Waals surface area contributed by atoms with Gasteiger partial charge in [0.2, 0.25) is 11.8 Å². The van der Waals surface area contributed by atoms with E-state index < -0.39 is 0 Å². The molecule has 102 valence electrons. The van der Waals surface area contributed by atoms with E-state index in [0.717, 1.165) is 32.6 Å². The second-order valence-electron chi connectivity index (χ2n) is 5.12. The topological polar surface area (TPSA) is 64.7 Å². The van der Waals surface area contributed by atoms with Crippen LogP contribution in [0.1, 0.15) is 12.8 Å². The molecule has 2 rings (SSSR count). The van der Waals surface area contributed by atoms with Gasteiger partial charge in [0.1, 0.15) is 0 Å². The average molecular weight is 254 g/mol. The predicted octanol–water partition coefficient (Wildman–Crippen LogP) is -1.37. The standard InChI is InChI=1S/C12H22N4O2/c1-15-4-6-16(7-5-15)12(18)9-13-8-10-2-3-11(17)14-10/h10,13H,2-9H2,1H3,(H,14,17). The maximum absolute atomic E-state index is 11.9. The van der Waals surface area contributed by atoms with Gasteiger partial charge in [-0.15, -0.1) is 0 Å². The van der Waals surface area contributed by atoms with Gasteiger partial charge in [-0.05, 0) is 13.5 Å². The molecule has 0 saturated carbocycles. The maximum atomic E-state index is 11.9. The molecule has 1 unspecified atom stereocenters. The van der Waals surface area contributed by atoms with Crippen LogP contribution in [-0.4, -0.2) is 74.0 Å². The third-order valence-corrected chi connectivity index (χ3v) is 3.61. The fourth-order valence-electron chi connectivity index (χ4n) is 2.35. The Balaban J connectivity index is 1.61. The van der Waals surface area contributed by atoms with Crippen LogP contribution in [0.5, 0.6) is 0 Å². The van der Waals surface area contributed by atoms with E-state index in [-0.39, 0.29) is 17.9 Å². The number of rotatable bonds is 4. The molecule has 0 spiro atoms. The van der Waals surface area contributed by atoms with E-state index >= 15 is 0 Å². The SMILES string of the molecule is CN1CCN(C(=O)CNCC2CCC(=O)N2)CC1. The predicted molar refractivity (Wildman–Crippen MR) is 68.1 cm³/mol. The van der Waals surface area contributed by atoms with Gasteiger partial charge in [0.25, 0.3) is 0 Å². The van der Waals surface area contributed by atoms with Crippen molar-refractivity contribution in [2.24, 2.45) is 0 Å². The summed E-state index contributed by atoms with van der Waals surface area (Å²) in [5.41, 5.74) is 0. The van der Waals surface area contributed by atoms with Gasteiger partial charge < -0.3 is 20.4 Å². The van der Waals surface area contributed by atoms with E-state index in [4.69, 9.17) is 0 Å². The van der Waals surface area contributed by atoms with Gasteiger partial charge in [-0.25, -0.2) is 0 Å². The van der Waals surface area contributed by atoms with Crippen LogP contribution in [-0.2, 0) is 9.59 Å². The highest BCUT2D eigenvalue weighted by Gasteiger charge is 2.22. The molecule has 0 aromatic rings. The number of piperazine rings is 1. The van der Waals surface area contributed by atoms with Crippen LogP contribution in [0.15, 0.2) is 0 Å². The molecule has 0 aromatic heterocycles. The summed E-state index contributed by atoms with van der Waals surface area (Å²) in [7, 11) is 2.07. The third kappa shape index (κ3) is 3.68. The normalized spacial score (nSPS) is 25.3. The Morgan fingerprint density at radius 1 is 1.39 bits per heavy atom. The summed E-state index contributed by atoms with van der Waals surface area (Å²) in [5.74, 6) is 0.277. The van der Waals surface area contributed by atoms with E-state index in [1.54, 1.807) is 0 Å². The Kier molecular flexibility index (Phi) is 4.54. The van der Waals surface area contributed by atoms with Gasteiger partial charge in [0.05, 0.1) is 6.54 Å². The fourth-order valence-corrected chi connectivity index (χ4v) is 2.35. The van der Waals surface area contributed by atoms with Crippen molar-refractivity contribution in [3.05, 3.63) is 0 Å². The van der Waals surface area contributed by atoms with E-state index in [1.165, 1.54) is 0 Å². The second kappa shape index (κ2) is 6.15. The lowest BCUT2D eigenvalue weighted by Gasteiger charge is -2.32. The smallest absolute Gasteiger partial charge is 0.236 e. The van der Waals surface area contributed by atoms with Gasteiger partial charge >= 0.3 is 0 Å². The first kappa shape index (κ1) is 13.3. The molecule has 2 fully saturated rings. The number of nitrogens with one attached hydrogen (secondary N) is 2. The number of carbonyl (C=O) groups is 2. The van der Waals surface area contributed by atoms with Crippen LogP contribution >= 0.6 is 0 Å². The zero-order chi connectivity index (χ0) is 13.0. The number of hydrogen-bond donors (Lipinski definition) is 2. The summed E-state index contributed by atoms with van der Waals surface area (Å²) < 4.78 is 0. The zero-order valence-electron chi connectivity index (χ0n) is 10.9. The minimum absolute atomic E-state index is 0.118. The van der Waals surface area contributed by atoms with Crippen molar-refractivity contribution >= 4 is 11.8 Å². The highest BCUT2D eigenvalue weighted by atomic mass is 16.2. The largest absolute Gasteiger partial charge is 0.352 e. The van der Waals surface area contributed by atoms with Gasteiger partial charge in [0, 0.05) is 45.2 Å². The molecule has 6 heteroatoms. The van der Waals surface area contributed by atoms with E-state index in [2.05, 4.69) is 22.6 Å². The Morgan fingerprint density at radius 2 is 2.11 bits per heavy atom. The van der Waals surface area contributed by atoms with Crippen LogP contribution in [0.3, 0.4) is 0 Å². The Hall–Kier alpha value is -1.14. The summed E-state index contributed by atoms with van der Waals surface area (Å²) in [6.45, 7) is 4.59. The number of likely N-dealkylation sites (N-methyl/N-ethyl adjacent to an activating group) is 1. The van der Waals surface area contributed by atoms with Gasteiger partial charge in [-0.1, -0.05) is 0 Å². The number of nitrogens with zero attached hydrogens (tertiary/aromatic N) is 2. The molecular formula is C12H22N4O2. The Labute approximate surface area is 108 Å². The Bertz CT molecular complexity index is 313. The first-order chi connectivity index (χ1) is 8.65. The van der Waals surface area contributed by atoms with Crippen LogP contribution in [0.2, 0.25) is 0 Å². The van der Waals surface area contributed by atoms with Crippen molar-refractivity contribution in [2.75, 3.05) is 46.3 Å². The summed E-state index contributed by atoms with van der Waals surface area (Å²) in [5, 5.41) is 6.02. The number of hydrogen-bond acceptors (Lipinski definition) is 4. The molecule has 6 nitrogen and oxygen atoms in total. The van der Waals surface area contributed by atoms with Crippen LogP contribution in [0.25, 0.3) is 0 Å². The van der Waals surface area contributed by atoms with Crippen molar-refractivity contribution in [1.82, 2.24) is 20.4 Å². The first-order valence-corrected chi connectivity index (χ1v) is 6.61. The quantitative estimate of drug-likeness (QED) is 0.649. The second-order valence-corrected chi connectivity index (χ2v) is 5.12. The van der Waals surface area contributed by atoms with Gasteiger partial charge in [-0.3, -0.25) is 9.59 Å². The van der Waals surface area contributed by atoms with Crippen molar-refractivity contribution in [1.29, 1.82) is 0 Å². The van der Waals surface area contributed by atoms with Crippen LogP contribution in [0.4, 0.5) is 0 Å². The molecule has 2 aliphatic heterocycles. The van der Waals surface area contributed by atoms with Crippen molar-refractivity contribution in [3.8, 4) is 0 Å². The molecule has 2 saturated heterocycles. The molecule has 1 atom stereocenters. The monoisotopic (exact) mass is 254 g/mol. The maximum Gasteiger partial charge on any atom is 0.236 e. The van der Waals surface area contributed by atoms with E-state index in [0.29, 0.717) is 19.5 Å². The zero-order valence-corrected chi connectivity index (χ0v) is 10.9. The summed E-state index contributed by atoms with van der Waals surface area (Å²) in [6.07, 6.45) is 1.48. The van der Waals surface area contributed by atoms with Gasteiger partial charge in [-0.2, -0.15) is 0 Å². The van der Waals surface area contributed by atoms with Gasteiger partial charge in [0.15, 0.2) is 0 Å². The third-order valence-electron chi connectivity index (χ3n) is 3.61. The number of carbonyl (C=O) groups excluding carboxylic acids is 2. The van der Waals surface area contributed by atoms with E-state index in [9.17, 15) is 9.59 Å². The lowest BCUT2D eigenvalue weighted by Crippen LogP contribution is -2.50. The highest BCUT2D eigenvalue weighted by Crippen LogP contribution is 2.05. The highest BCUT2D eigenvalue weighted by molar-refractivity contribution is 5.79. The fraction of sp³-hybridized carbons (Fsp3) is 0.833. The molecule has 2 amide bonds. The summed E-state index contributed by atoms with van der Waals surface area (Å²) in [4.78, 5) is 27.0. The van der Waals surface area contributed by atoms with Crippen LogP contribution in [0, 0.1) is 0 Å². The summed E-state index contributed by atoms with van der Waals surface area (Å²) in [6, 6.07) is 0.192. The minimum atomic E-state index is 0.118. The lowest BCUT2D eigenvalue weighted by atomic mass is 10.2. The summed E-state index contributed by atoms with van der Waals surface area (Å²) >= 11 is 0. The van der Waals surface area contributed by atoms with Crippen molar-refractivity contribution in [3.63, 3.8) is 0 Å². The lowest BCUT2D eigenvalue weighted by molar-refractivity contribution is -0.131. The minimum Gasteiger partial charge on any atom is -0.352 e. The molecule has 0 aromatic carbocycles. The molecule has 2 heterocycles. The molecule has 2 N–H and O–H groups in total. The van der Waals surface area contributed by atoms with Crippen LogP contribution < -0.4 is 10.6 Å². The molecule has 18 heavy (non-hydrogen) atoms. The van der Waals surface area contributed by atoms with Crippen molar-refractivity contribution < 1.29 is 9.59 Å². The molecule has 2 aliphatic rings. The molecule has 0 radical (unpaired) electrons. The number of amides is 2. The molecular weight excluding hydrogens is 232 g/mol. The van der Waals surface area contributed by atoms with E-state index in [1.807, 2.05) is 4.90 Å². The first-order valence-electron chi connectivity index (χ1n) is 6.61. The Morgan fingerprint density at radius 3 is 2.72 bits per heavy atom.